The van der Waals surface area contributed by atoms with Crippen LogP contribution in [0.2, 0.25) is 0 Å². The molecule has 116 valence electrons. The van der Waals surface area contributed by atoms with Gasteiger partial charge >= 0.3 is 6.03 Å². The first kappa shape index (κ1) is 16.3. The summed E-state index contributed by atoms with van der Waals surface area (Å²) in [6, 6.07) is 11.4. The van der Waals surface area contributed by atoms with Crippen molar-refractivity contribution in [1.29, 1.82) is 0 Å². The summed E-state index contributed by atoms with van der Waals surface area (Å²) >= 11 is 3.39. The van der Waals surface area contributed by atoms with Crippen LogP contribution in [0.4, 0.5) is 4.79 Å². The van der Waals surface area contributed by atoms with Crippen LogP contribution in [-0.4, -0.2) is 30.1 Å². The Balaban J connectivity index is 1.84. The molecule has 22 heavy (non-hydrogen) atoms. The van der Waals surface area contributed by atoms with Crippen molar-refractivity contribution in [3.63, 3.8) is 0 Å². The third kappa shape index (κ3) is 4.73. The highest BCUT2D eigenvalue weighted by Gasteiger charge is 2.08. The maximum Gasteiger partial charge on any atom is 0.317 e. The van der Waals surface area contributed by atoms with Gasteiger partial charge in [0.15, 0.2) is 0 Å². The molecule has 1 aromatic carbocycles. The summed E-state index contributed by atoms with van der Waals surface area (Å²) in [6.07, 6.45) is 1.69. The number of urea groups is 1. The number of ether oxygens (including phenoxy) is 1. The third-order valence-electron chi connectivity index (χ3n) is 3.13. The summed E-state index contributed by atoms with van der Waals surface area (Å²) < 4.78 is 6.02. The number of aromatic nitrogens is 1. The smallest absolute Gasteiger partial charge is 0.317 e. The fraction of sp³-hybridized carbons (Fsp3) is 0.250. The van der Waals surface area contributed by atoms with Crippen LogP contribution < -0.4 is 10.1 Å². The van der Waals surface area contributed by atoms with E-state index in [-0.39, 0.29) is 6.03 Å². The topological polar surface area (TPSA) is 54.5 Å². The molecule has 2 aromatic rings. The van der Waals surface area contributed by atoms with E-state index in [0.717, 1.165) is 15.6 Å². The highest BCUT2D eigenvalue weighted by molar-refractivity contribution is 9.10. The van der Waals surface area contributed by atoms with Gasteiger partial charge in [0.2, 0.25) is 5.88 Å². The SMILES string of the molecule is COc1ccc(CNC(=O)N(C)Cc2ccc(Br)cc2)cn1. The number of hydrogen-bond acceptors (Lipinski definition) is 3. The average Bonchev–Trinajstić information content (AvgIpc) is 2.55. The lowest BCUT2D eigenvalue weighted by molar-refractivity contribution is 0.206. The second kappa shape index (κ2) is 7.79. The van der Waals surface area contributed by atoms with Crippen molar-refractivity contribution in [1.82, 2.24) is 15.2 Å². The van der Waals surface area contributed by atoms with E-state index in [1.54, 1.807) is 31.3 Å². The molecule has 1 heterocycles. The molecule has 0 atom stereocenters. The van der Waals surface area contributed by atoms with E-state index in [2.05, 4.69) is 26.2 Å². The standard InChI is InChI=1S/C16H18BrN3O2/c1-20(11-12-3-6-14(17)7-4-12)16(21)19-10-13-5-8-15(22-2)18-9-13/h3-9H,10-11H2,1-2H3,(H,19,21). The molecule has 0 radical (unpaired) electrons. The van der Waals surface area contributed by atoms with Crippen molar-refractivity contribution in [2.75, 3.05) is 14.2 Å². The number of carbonyl (C=O) groups excluding carboxylic acids is 1. The highest BCUT2D eigenvalue weighted by atomic mass is 79.9. The van der Waals surface area contributed by atoms with E-state index in [9.17, 15) is 4.79 Å². The first-order valence-corrected chi connectivity index (χ1v) is 7.60. The second-order valence-corrected chi connectivity index (χ2v) is 5.77. The Bertz CT molecular complexity index is 614. The minimum Gasteiger partial charge on any atom is -0.481 e. The predicted octanol–water partition coefficient (Wildman–Crippen LogP) is 3.19. The Hall–Kier alpha value is -2.08. The number of nitrogens with one attached hydrogen (secondary N) is 1. The van der Waals surface area contributed by atoms with Crippen LogP contribution >= 0.6 is 15.9 Å². The van der Waals surface area contributed by atoms with E-state index < -0.39 is 0 Å². The number of carbonyl (C=O) groups is 1. The van der Waals surface area contributed by atoms with Gasteiger partial charge in [-0.1, -0.05) is 34.1 Å². The minimum atomic E-state index is -0.126. The van der Waals surface area contributed by atoms with Gasteiger partial charge < -0.3 is 15.0 Å². The van der Waals surface area contributed by atoms with Gasteiger partial charge in [-0.15, -0.1) is 0 Å². The molecule has 0 saturated carbocycles. The molecule has 0 aliphatic carbocycles. The zero-order chi connectivity index (χ0) is 15.9. The second-order valence-electron chi connectivity index (χ2n) is 4.85. The molecule has 1 aromatic heterocycles. The summed E-state index contributed by atoms with van der Waals surface area (Å²) in [6.45, 7) is 0.987. The van der Waals surface area contributed by atoms with Crippen molar-refractivity contribution >= 4 is 22.0 Å². The number of methoxy groups -OCH3 is 1. The fourth-order valence-electron chi connectivity index (χ4n) is 1.88. The van der Waals surface area contributed by atoms with E-state index in [1.165, 1.54) is 0 Å². The van der Waals surface area contributed by atoms with E-state index >= 15 is 0 Å². The molecule has 6 heteroatoms. The molecule has 0 aliphatic rings. The Morgan fingerprint density at radius 1 is 1.23 bits per heavy atom. The summed E-state index contributed by atoms with van der Waals surface area (Å²) in [7, 11) is 3.34. The molecule has 0 fully saturated rings. The van der Waals surface area contributed by atoms with Gasteiger partial charge in [0.25, 0.3) is 0 Å². The number of nitrogens with zero attached hydrogens (tertiary/aromatic N) is 2. The number of pyridine rings is 1. The van der Waals surface area contributed by atoms with Crippen LogP contribution in [0.25, 0.3) is 0 Å². The fourth-order valence-corrected chi connectivity index (χ4v) is 2.15. The maximum atomic E-state index is 12.1. The molecule has 1 N–H and O–H groups in total. The van der Waals surface area contributed by atoms with Crippen molar-refractivity contribution in [2.24, 2.45) is 0 Å². The maximum absolute atomic E-state index is 12.1. The highest BCUT2D eigenvalue weighted by Crippen LogP contribution is 2.12. The van der Waals surface area contributed by atoms with Crippen molar-refractivity contribution in [3.05, 3.63) is 58.2 Å². The van der Waals surface area contributed by atoms with Crippen LogP contribution in [-0.2, 0) is 13.1 Å². The van der Waals surface area contributed by atoms with Crippen LogP contribution in [0.15, 0.2) is 47.1 Å². The van der Waals surface area contributed by atoms with Gasteiger partial charge in [-0.2, -0.15) is 0 Å². The molecule has 0 aliphatic heterocycles. The number of benzene rings is 1. The Labute approximate surface area is 138 Å². The van der Waals surface area contributed by atoms with E-state index in [0.29, 0.717) is 19.0 Å². The first-order chi connectivity index (χ1) is 10.6. The summed E-state index contributed by atoms with van der Waals surface area (Å²) in [5.74, 6) is 0.558. The molecule has 0 spiro atoms. The Kier molecular flexibility index (Phi) is 5.77. The normalized spacial score (nSPS) is 10.1. The summed E-state index contributed by atoms with van der Waals surface area (Å²) in [5.41, 5.74) is 2.00. The lowest BCUT2D eigenvalue weighted by Crippen LogP contribution is -2.36. The average molecular weight is 364 g/mol. The van der Waals surface area contributed by atoms with Crippen LogP contribution in [0.1, 0.15) is 11.1 Å². The van der Waals surface area contributed by atoms with Crippen molar-refractivity contribution in [3.8, 4) is 5.88 Å². The van der Waals surface area contributed by atoms with Gasteiger partial charge in [0.1, 0.15) is 0 Å². The largest absolute Gasteiger partial charge is 0.481 e. The number of hydrogen-bond donors (Lipinski definition) is 1. The third-order valence-corrected chi connectivity index (χ3v) is 3.66. The van der Waals surface area contributed by atoms with Crippen LogP contribution in [0.5, 0.6) is 5.88 Å². The quantitative estimate of drug-likeness (QED) is 0.887. The lowest BCUT2D eigenvalue weighted by Gasteiger charge is -2.18. The van der Waals surface area contributed by atoms with Gasteiger partial charge in [-0.05, 0) is 23.3 Å². The molecule has 0 bridgehead atoms. The first-order valence-electron chi connectivity index (χ1n) is 6.81. The molecule has 0 unspecified atom stereocenters. The Morgan fingerprint density at radius 2 is 1.91 bits per heavy atom. The Morgan fingerprint density at radius 3 is 2.50 bits per heavy atom. The monoisotopic (exact) mass is 363 g/mol. The summed E-state index contributed by atoms with van der Waals surface area (Å²) in [4.78, 5) is 17.8. The molecule has 2 rings (SSSR count). The number of rotatable bonds is 5. The van der Waals surface area contributed by atoms with Crippen molar-refractivity contribution in [2.45, 2.75) is 13.1 Å². The van der Waals surface area contributed by atoms with E-state index in [4.69, 9.17) is 4.74 Å². The minimum absolute atomic E-state index is 0.126. The van der Waals surface area contributed by atoms with Crippen molar-refractivity contribution < 1.29 is 9.53 Å². The van der Waals surface area contributed by atoms with Gasteiger partial charge in [-0.3, -0.25) is 0 Å². The summed E-state index contributed by atoms with van der Waals surface area (Å²) in [5, 5.41) is 2.86. The zero-order valence-electron chi connectivity index (χ0n) is 12.5. The van der Waals surface area contributed by atoms with Gasteiger partial charge in [0, 0.05) is 36.9 Å². The molecular formula is C16H18BrN3O2. The lowest BCUT2D eigenvalue weighted by atomic mass is 10.2. The van der Waals surface area contributed by atoms with Gasteiger partial charge in [-0.25, -0.2) is 9.78 Å². The van der Waals surface area contributed by atoms with E-state index in [1.807, 2.05) is 30.3 Å². The number of halogens is 1. The predicted molar refractivity (Wildman–Crippen MR) is 88.6 cm³/mol. The van der Waals surface area contributed by atoms with Crippen LogP contribution in [0, 0.1) is 0 Å². The zero-order valence-corrected chi connectivity index (χ0v) is 14.1. The van der Waals surface area contributed by atoms with Gasteiger partial charge in [0.05, 0.1) is 7.11 Å². The molecule has 2 amide bonds. The molecule has 5 nitrogen and oxygen atoms in total. The number of amides is 2. The molecular weight excluding hydrogens is 346 g/mol. The van der Waals surface area contributed by atoms with Crippen LogP contribution in [0.3, 0.4) is 0 Å². The molecule has 0 saturated heterocycles.